The Morgan fingerprint density at radius 1 is 1.09 bits per heavy atom. The van der Waals surface area contributed by atoms with E-state index in [1.807, 2.05) is 0 Å². The maximum Gasteiger partial charge on any atom is -0.0236 e. The topological polar surface area (TPSA) is 0 Å². The minimum Gasteiger partial charge on any atom is -0.134 e. The van der Waals surface area contributed by atoms with Crippen LogP contribution in [0.3, 0.4) is 0 Å². The lowest BCUT2D eigenvalue weighted by molar-refractivity contribution is 0.445. The second-order valence-corrected chi connectivity index (χ2v) is 4.24. The molecule has 0 heterocycles. The Morgan fingerprint density at radius 2 is 1.64 bits per heavy atom. The van der Waals surface area contributed by atoms with Gasteiger partial charge < -0.3 is 0 Å². The third-order valence-electron chi connectivity index (χ3n) is 2.55. The summed E-state index contributed by atoms with van der Waals surface area (Å²) in [6.07, 6.45) is 6.81. The molecule has 2 unspecified atom stereocenters. The predicted molar refractivity (Wildman–Crippen MR) is 57.1 cm³/mol. The molecule has 0 aliphatic heterocycles. The smallest absolute Gasteiger partial charge is 0.0236 e. The van der Waals surface area contributed by atoms with Crippen LogP contribution < -0.4 is 0 Å². The van der Waals surface area contributed by atoms with E-state index in [2.05, 4.69) is 30.0 Å². The van der Waals surface area contributed by atoms with Crippen molar-refractivity contribution >= 4 is 9.24 Å². The molecule has 2 atom stereocenters. The molecule has 0 N–H and O–H groups in total. The lowest BCUT2D eigenvalue weighted by atomic mass is 9.95. The zero-order valence-electron chi connectivity index (χ0n) is 8.27. The molecule has 0 amide bonds. The van der Waals surface area contributed by atoms with Gasteiger partial charge in [-0.05, 0) is 18.0 Å². The van der Waals surface area contributed by atoms with Gasteiger partial charge in [-0.3, -0.25) is 0 Å². The van der Waals surface area contributed by atoms with Crippen LogP contribution in [-0.4, -0.2) is 5.66 Å². The molecule has 0 saturated carbocycles. The third-order valence-corrected chi connectivity index (χ3v) is 3.42. The zero-order valence-corrected chi connectivity index (χ0v) is 9.42. The van der Waals surface area contributed by atoms with Gasteiger partial charge in [0.25, 0.3) is 0 Å². The summed E-state index contributed by atoms with van der Waals surface area (Å²) in [5.74, 6) is 0.937. The van der Waals surface area contributed by atoms with E-state index in [0.717, 1.165) is 11.6 Å². The van der Waals surface area contributed by atoms with Gasteiger partial charge in [-0.1, -0.05) is 46.5 Å². The maximum atomic E-state index is 3.01. The van der Waals surface area contributed by atoms with Crippen molar-refractivity contribution in [2.75, 3.05) is 0 Å². The van der Waals surface area contributed by atoms with Crippen LogP contribution in [0, 0.1) is 5.92 Å². The van der Waals surface area contributed by atoms with Crippen LogP contribution >= 0.6 is 9.24 Å². The van der Waals surface area contributed by atoms with E-state index >= 15 is 0 Å². The largest absolute Gasteiger partial charge is 0.134 e. The van der Waals surface area contributed by atoms with Gasteiger partial charge in [-0.2, -0.15) is 0 Å². The Hall–Kier alpha value is 0.430. The minimum absolute atomic E-state index is 0.866. The van der Waals surface area contributed by atoms with Crippen molar-refractivity contribution < 1.29 is 0 Å². The second kappa shape index (κ2) is 7.10. The fourth-order valence-electron chi connectivity index (χ4n) is 1.57. The Morgan fingerprint density at radius 3 is 2.00 bits per heavy atom. The second-order valence-electron chi connectivity index (χ2n) is 3.38. The summed E-state index contributed by atoms with van der Waals surface area (Å²) in [5, 5.41) is 0. The van der Waals surface area contributed by atoms with Crippen molar-refractivity contribution in [1.82, 2.24) is 0 Å². The zero-order chi connectivity index (χ0) is 8.69. The number of rotatable bonds is 6. The first-order valence-corrected chi connectivity index (χ1v) is 5.68. The summed E-state index contributed by atoms with van der Waals surface area (Å²) in [6.45, 7) is 6.87. The van der Waals surface area contributed by atoms with Gasteiger partial charge in [0.05, 0.1) is 0 Å². The number of hydrogen-bond donors (Lipinski definition) is 0. The Balaban J connectivity index is 3.51. The van der Waals surface area contributed by atoms with E-state index < -0.39 is 0 Å². The summed E-state index contributed by atoms with van der Waals surface area (Å²) < 4.78 is 0. The van der Waals surface area contributed by atoms with Crippen LogP contribution in [0.5, 0.6) is 0 Å². The maximum absolute atomic E-state index is 3.01. The molecule has 0 bridgehead atoms. The molecule has 0 nitrogen and oxygen atoms in total. The minimum atomic E-state index is 0.866. The first-order valence-electron chi connectivity index (χ1n) is 5.01. The molecule has 0 aliphatic rings. The summed E-state index contributed by atoms with van der Waals surface area (Å²) in [4.78, 5) is 0. The van der Waals surface area contributed by atoms with E-state index in [-0.39, 0.29) is 0 Å². The molecule has 0 aromatic heterocycles. The van der Waals surface area contributed by atoms with E-state index in [9.17, 15) is 0 Å². The molecule has 0 aromatic carbocycles. The highest BCUT2D eigenvalue weighted by molar-refractivity contribution is 7.17. The van der Waals surface area contributed by atoms with Crippen molar-refractivity contribution in [2.45, 2.75) is 58.5 Å². The highest BCUT2D eigenvalue weighted by Gasteiger charge is 2.11. The van der Waals surface area contributed by atoms with Crippen molar-refractivity contribution in [3.8, 4) is 0 Å². The first kappa shape index (κ1) is 11.4. The van der Waals surface area contributed by atoms with E-state index in [0.29, 0.717) is 0 Å². The summed E-state index contributed by atoms with van der Waals surface area (Å²) in [6, 6.07) is 0. The van der Waals surface area contributed by atoms with Crippen LogP contribution in [0.1, 0.15) is 52.9 Å². The third kappa shape index (κ3) is 4.80. The van der Waals surface area contributed by atoms with E-state index in [1.54, 1.807) is 0 Å². The quantitative estimate of drug-likeness (QED) is 0.536. The Bertz CT molecular complexity index is 76.9. The lowest BCUT2D eigenvalue weighted by Crippen LogP contribution is -2.12. The molecule has 11 heavy (non-hydrogen) atoms. The molecule has 0 radical (unpaired) electrons. The van der Waals surface area contributed by atoms with Gasteiger partial charge >= 0.3 is 0 Å². The fraction of sp³-hybridized carbons (Fsp3) is 1.00. The molecule has 0 spiro atoms. The lowest BCUT2D eigenvalue weighted by Gasteiger charge is -2.20. The van der Waals surface area contributed by atoms with Crippen LogP contribution in [0.15, 0.2) is 0 Å². The van der Waals surface area contributed by atoms with Crippen molar-refractivity contribution in [3.63, 3.8) is 0 Å². The summed E-state index contributed by atoms with van der Waals surface area (Å²) in [5.41, 5.74) is 0.866. The highest BCUT2D eigenvalue weighted by atomic mass is 31.0. The van der Waals surface area contributed by atoms with Crippen LogP contribution in [0.2, 0.25) is 0 Å². The SMILES string of the molecule is CCCCC(P)C(CC)CC. The highest BCUT2D eigenvalue weighted by Crippen LogP contribution is 2.24. The van der Waals surface area contributed by atoms with Crippen molar-refractivity contribution in [1.29, 1.82) is 0 Å². The summed E-state index contributed by atoms with van der Waals surface area (Å²) >= 11 is 0. The van der Waals surface area contributed by atoms with Gasteiger partial charge in [-0.15, -0.1) is 9.24 Å². The molecule has 0 aromatic rings. The van der Waals surface area contributed by atoms with Crippen LogP contribution in [0.4, 0.5) is 0 Å². The molecule has 68 valence electrons. The number of hydrogen-bond acceptors (Lipinski definition) is 0. The monoisotopic (exact) mass is 174 g/mol. The van der Waals surface area contributed by atoms with Gasteiger partial charge in [0.15, 0.2) is 0 Å². The van der Waals surface area contributed by atoms with Crippen molar-refractivity contribution in [2.24, 2.45) is 5.92 Å². The molecule has 0 aliphatic carbocycles. The molecule has 1 heteroatoms. The average molecular weight is 174 g/mol. The van der Waals surface area contributed by atoms with Gasteiger partial charge in [-0.25, -0.2) is 0 Å². The van der Waals surface area contributed by atoms with Gasteiger partial charge in [0, 0.05) is 0 Å². The van der Waals surface area contributed by atoms with E-state index in [4.69, 9.17) is 0 Å². The number of unbranched alkanes of at least 4 members (excludes halogenated alkanes) is 1. The molecule has 0 fully saturated rings. The Kier molecular flexibility index (Phi) is 7.38. The van der Waals surface area contributed by atoms with Gasteiger partial charge in [0.2, 0.25) is 0 Å². The van der Waals surface area contributed by atoms with Crippen LogP contribution in [-0.2, 0) is 0 Å². The standard InChI is InChI=1S/C10H23P/c1-4-7-8-10(11)9(5-2)6-3/h9-10H,4-8,11H2,1-3H3. The van der Waals surface area contributed by atoms with Gasteiger partial charge in [0.1, 0.15) is 0 Å². The average Bonchev–Trinajstić information content (AvgIpc) is 2.03. The molecule has 0 saturated heterocycles. The fourth-order valence-corrected chi connectivity index (χ4v) is 2.35. The predicted octanol–water partition coefficient (Wildman–Crippen LogP) is 3.86. The van der Waals surface area contributed by atoms with Crippen molar-refractivity contribution in [3.05, 3.63) is 0 Å². The van der Waals surface area contributed by atoms with Crippen LogP contribution in [0.25, 0.3) is 0 Å². The summed E-state index contributed by atoms with van der Waals surface area (Å²) in [7, 11) is 3.01. The molecular formula is C10H23P. The molecule has 0 rings (SSSR count). The Labute approximate surface area is 74.4 Å². The van der Waals surface area contributed by atoms with E-state index in [1.165, 1.54) is 32.1 Å². The first-order chi connectivity index (χ1) is 5.26. The normalized spacial score (nSPS) is 13.9. The molecular weight excluding hydrogens is 151 g/mol.